The molecule has 0 saturated heterocycles. The van der Waals surface area contributed by atoms with E-state index in [-0.39, 0.29) is 16.2 Å². The first-order valence-electron chi connectivity index (χ1n) is 5.44. The first-order valence-corrected chi connectivity index (χ1v) is 7.09. The third-order valence-electron chi connectivity index (χ3n) is 2.51. The lowest BCUT2D eigenvalue weighted by Gasteiger charge is -2.06. The van der Waals surface area contributed by atoms with Crippen LogP contribution < -0.4 is 0 Å². The van der Waals surface area contributed by atoms with Crippen molar-refractivity contribution in [3.63, 3.8) is 0 Å². The maximum Gasteiger partial charge on any atom is 0.335 e. The molecule has 0 aliphatic carbocycles. The summed E-state index contributed by atoms with van der Waals surface area (Å²) in [6.07, 6.45) is 1.61. The van der Waals surface area contributed by atoms with E-state index in [4.69, 9.17) is 5.11 Å². The van der Waals surface area contributed by atoms with Crippen molar-refractivity contribution in [3.8, 4) is 0 Å². The van der Waals surface area contributed by atoms with E-state index >= 15 is 0 Å². The van der Waals surface area contributed by atoms with Crippen molar-refractivity contribution in [1.82, 2.24) is 0 Å². The highest BCUT2D eigenvalue weighted by atomic mass is 32.2. The molecule has 0 aliphatic rings. The molecule has 98 valence electrons. The molecule has 0 saturated carbocycles. The van der Waals surface area contributed by atoms with Crippen LogP contribution in [0.2, 0.25) is 0 Å². The molecule has 0 spiro atoms. The number of carbonyl (C=O) groups is 1. The Labute approximate surface area is 107 Å². The van der Waals surface area contributed by atoms with Gasteiger partial charge in [-0.1, -0.05) is 17.7 Å². The summed E-state index contributed by atoms with van der Waals surface area (Å²) in [4.78, 5) is 11.0. The molecular weight excluding hydrogens is 252 g/mol. The van der Waals surface area contributed by atoms with Crippen molar-refractivity contribution in [1.29, 1.82) is 0 Å². The number of carboxylic acids is 1. The van der Waals surface area contributed by atoms with E-state index < -0.39 is 15.8 Å². The van der Waals surface area contributed by atoms with Gasteiger partial charge in [0.05, 0.1) is 16.2 Å². The standard InChI is InChI=1S/C13H16O4S/c1-9(2)6-7-18(16,17)11-5-4-10(3)12(8-11)13(14)15/h4-6,8H,7H2,1-3H3,(H,14,15). The van der Waals surface area contributed by atoms with Gasteiger partial charge in [-0.05, 0) is 38.5 Å². The minimum absolute atomic E-state index is 0.0216. The van der Waals surface area contributed by atoms with Gasteiger partial charge < -0.3 is 5.11 Å². The fourth-order valence-electron chi connectivity index (χ4n) is 1.40. The molecule has 0 fully saturated rings. The van der Waals surface area contributed by atoms with Crippen molar-refractivity contribution in [3.05, 3.63) is 41.0 Å². The summed E-state index contributed by atoms with van der Waals surface area (Å²) in [6.45, 7) is 5.26. The van der Waals surface area contributed by atoms with Crippen molar-refractivity contribution in [2.24, 2.45) is 0 Å². The molecule has 4 nitrogen and oxygen atoms in total. The predicted octanol–water partition coefficient (Wildman–Crippen LogP) is 2.43. The van der Waals surface area contributed by atoms with Crippen LogP contribution in [-0.4, -0.2) is 25.2 Å². The average molecular weight is 268 g/mol. The van der Waals surface area contributed by atoms with E-state index in [1.807, 2.05) is 13.8 Å². The Balaban J connectivity index is 3.22. The number of rotatable bonds is 4. The van der Waals surface area contributed by atoms with Crippen molar-refractivity contribution in [2.45, 2.75) is 25.7 Å². The van der Waals surface area contributed by atoms with Crippen molar-refractivity contribution in [2.75, 3.05) is 5.75 Å². The lowest BCUT2D eigenvalue weighted by atomic mass is 10.1. The average Bonchev–Trinajstić information content (AvgIpc) is 2.26. The first-order chi connectivity index (χ1) is 8.24. The summed E-state index contributed by atoms with van der Waals surface area (Å²) in [5.74, 6) is -1.23. The summed E-state index contributed by atoms with van der Waals surface area (Å²) in [6, 6.07) is 4.17. The van der Waals surface area contributed by atoms with Crippen LogP contribution in [0.5, 0.6) is 0 Å². The van der Waals surface area contributed by atoms with Crippen LogP contribution in [0, 0.1) is 6.92 Å². The summed E-state index contributed by atoms with van der Waals surface area (Å²) in [7, 11) is -3.47. The molecule has 0 unspecified atom stereocenters. The van der Waals surface area contributed by atoms with E-state index in [0.29, 0.717) is 5.56 Å². The maximum atomic E-state index is 12.0. The Kier molecular flexibility index (Phi) is 4.29. The molecule has 1 rings (SSSR count). The SMILES string of the molecule is CC(C)=CCS(=O)(=O)c1ccc(C)c(C(=O)O)c1. The smallest absolute Gasteiger partial charge is 0.335 e. The van der Waals surface area contributed by atoms with Gasteiger partial charge in [-0.15, -0.1) is 0 Å². The topological polar surface area (TPSA) is 71.4 Å². The Morgan fingerprint density at radius 1 is 1.33 bits per heavy atom. The van der Waals surface area contributed by atoms with Crippen LogP contribution in [0.3, 0.4) is 0 Å². The molecule has 0 bridgehead atoms. The van der Waals surface area contributed by atoms with Gasteiger partial charge in [0, 0.05) is 0 Å². The zero-order chi connectivity index (χ0) is 13.9. The quantitative estimate of drug-likeness (QED) is 0.851. The van der Waals surface area contributed by atoms with Gasteiger partial charge in [0.25, 0.3) is 0 Å². The van der Waals surface area contributed by atoms with Crippen LogP contribution in [-0.2, 0) is 9.84 Å². The molecule has 0 aliphatic heterocycles. The highest BCUT2D eigenvalue weighted by Gasteiger charge is 2.16. The highest BCUT2D eigenvalue weighted by Crippen LogP contribution is 2.17. The number of hydrogen-bond acceptors (Lipinski definition) is 3. The minimum atomic E-state index is -3.47. The number of sulfone groups is 1. The normalized spacial score (nSPS) is 11.1. The monoisotopic (exact) mass is 268 g/mol. The minimum Gasteiger partial charge on any atom is -0.478 e. The summed E-state index contributed by atoms with van der Waals surface area (Å²) in [5, 5.41) is 8.97. The molecule has 0 aromatic heterocycles. The van der Waals surface area contributed by atoms with E-state index in [1.54, 1.807) is 13.0 Å². The lowest BCUT2D eigenvalue weighted by molar-refractivity contribution is 0.0696. The molecule has 18 heavy (non-hydrogen) atoms. The maximum absolute atomic E-state index is 12.0. The van der Waals surface area contributed by atoms with Gasteiger partial charge in [-0.25, -0.2) is 13.2 Å². The molecular formula is C13H16O4S. The Hall–Kier alpha value is -1.62. The fourth-order valence-corrected chi connectivity index (χ4v) is 2.72. The molecule has 0 atom stereocenters. The van der Waals surface area contributed by atoms with E-state index in [0.717, 1.165) is 5.57 Å². The molecule has 1 N–H and O–H groups in total. The zero-order valence-electron chi connectivity index (χ0n) is 10.6. The molecule has 0 amide bonds. The summed E-state index contributed by atoms with van der Waals surface area (Å²) in [5.41, 5.74) is 1.47. The largest absolute Gasteiger partial charge is 0.478 e. The van der Waals surface area contributed by atoms with Crippen LogP contribution >= 0.6 is 0 Å². The second-order valence-corrected chi connectivity index (χ2v) is 6.38. The van der Waals surface area contributed by atoms with Gasteiger partial charge >= 0.3 is 5.97 Å². The molecule has 1 aromatic rings. The van der Waals surface area contributed by atoms with Gasteiger partial charge in [-0.2, -0.15) is 0 Å². The fraction of sp³-hybridized carbons (Fsp3) is 0.308. The molecule has 5 heteroatoms. The number of aryl methyl sites for hydroxylation is 1. The number of aromatic carboxylic acids is 1. The van der Waals surface area contributed by atoms with E-state index in [2.05, 4.69) is 0 Å². The van der Waals surface area contributed by atoms with Crippen LogP contribution in [0.4, 0.5) is 0 Å². The molecule has 0 radical (unpaired) electrons. The first kappa shape index (κ1) is 14.4. The number of hydrogen-bond donors (Lipinski definition) is 1. The van der Waals surface area contributed by atoms with Crippen molar-refractivity contribution < 1.29 is 18.3 Å². The van der Waals surface area contributed by atoms with Crippen molar-refractivity contribution >= 4 is 15.8 Å². The zero-order valence-corrected chi connectivity index (χ0v) is 11.4. The lowest BCUT2D eigenvalue weighted by Crippen LogP contribution is -2.08. The van der Waals surface area contributed by atoms with E-state index in [1.165, 1.54) is 18.2 Å². The third-order valence-corrected chi connectivity index (χ3v) is 4.09. The van der Waals surface area contributed by atoms with Crippen LogP contribution in [0.25, 0.3) is 0 Å². The third kappa shape index (κ3) is 3.43. The summed E-state index contributed by atoms with van der Waals surface area (Å²) >= 11 is 0. The Morgan fingerprint density at radius 2 is 1.94 bits per heavy atom. The Bertz CT molecular complexity index is 593. The van der Waals surface area contributed by atoms with Gasteiger partial charge in [0.2, 0.25) is 0 Å². The van der Waals surface area contributed by atoms with Crippen LogP contribution in [0.15, 0.2) is 34.7 Å². The van der Waals surface area contributed by atoms with Gasteiger partial charge in [0.1, 0.15) is 0 Å². The number of benzene rings is 1. The van der Waals surface area contributed by atoms with Gasteiger partial charge in [0.15, 0.2) is 9.84 Å². The number of allylic oxidation sites excluding steroid dienone is 1. The van der Waals surface area contributed by atoms with Crippen LogP contribution in [0.1, 0.15) is 29.8 Å². The second kappa shape index (κ2) is 5.35. The Morgan fingerprint density at radius 3 is 2.44 bits per heavy atom. The highest BCUT2D eigenvalue weighted by molar-refractivity contribution is 7.91. The molecule has 0 heterocycles. The number of carboxylic acid groups (broad SMARTS) is 1. The second-order valence-electron chi connectivity index (χ2n) is 4.34. The van der Waals surface area contributed by atoms with Gasteiger partial charge in [-0.3, -0.25) is 0 Å². The predicted molar refractivity (Wildman–Crippen MR) is 69.6 cm³/mol. The summed E-state index contributed by atoms with van der Waals surface area (Å²) < 4.78 is 24.0. The van der Waals surface area contributed by atoms with E-state index in [9.17, 15) is 13.2 Å². The molecule has 1 aromatic carbocycles.